The molecule has 0 radical (unpaired) electrons. The average Bonchev–Trinajstić information content (AvgIpc) is 2.67. The minimum atomic E-state index is -1.38. The molecule has 0 N–H and O–H groups in total. The smallest absolute Gasteiger partial charge is 0.330 e. The predicted molar refractivity (Wildman–Crippen MR) is 98.5 cm³/mol. The molecule has 1 aliphatic heterocycles. The van der Waals surface area contributed by atoms with Gasteiger partial charge in [-0.2, -0.15) is 0 Å². The SMILES string of the molecule is CCN1C(=O)N(c2cc(OC)cc(OC)c2F)Cc2cnc(S(C)=O)nc21. The summed E-state index contributed by atoms with van der Waals surface area (Å²) in [6, 6.07) is 2.39. The van der Waals surface area contributed by atoms with Crippen molar-refractivity contribution in [3.05, 3.63) is 29.7 Å². The third-order valence-corrected chi connectivity index (χ3v) is 4.89. The Hall–Kier alpha value is -2.75. The van der Waals surface area contributed by atoms with Crippen molar-refractivity contribution in [3.8, 4) is 11.5 Å². The van der Waals surface area contributed by atoms with E-state index in [1.54, 1.807) is 6.92 Å². The Morgan fingerprint density at radius 2 is 2.04 bits per heavy atom. The monoisotopic (exact) mass is 394 g/mol. The molecule has 2 heterocycles. The summed E-state index contributed by atoms with van der Waals surface area (Å²) in [5.41, 5.74) is 0.648. The van der Waals surface area contributed by atoms with Crippen molar-refractivity contribution >= 4 is 28.3 Å². The van der Waals surface area contributed by atoms with Gasteiger partial charge in [-0.25, -0.2) is 19.2 Å². The van der Waals surface area contributed by atoms with Crippen LogP contribution in [0.4, 0.5) is 20.7 Å². The number of halogens is 1. The van der Waals surface area contributed by atoms with Crippen LogP contribution in [0.25, 0.3) is 0 Å². The van der Waals surface area contributed by atoms with Gasteiger partial charge in [-0.15, -0.1) is 0 Å². The first-order chi connectivity index (χ1) is 12.9. The molecule has 2 aromatic rings. The molecule has 0 spiro atoms. The van der Waals surface area contributed by atoms with Gasteiger partial charge in [0.2, 0.25) is 5.16 Å². The summed E-state index contributed by atoms with van der Waals surface area (Å²) in [6.45, 7) is 2.14. The highest BCUT2D eigenvalue weighted by atomic mass is 32.2. The number of carbonyl (C=O) groups excluding carboxylic acids is 1. The first kappa shape index (κ1) is 19.0. The number of urea groups is 1. The third-order valence-electron chi connectivity index (χ3n) is 4.18. The lowest BCUT2D eigenvalue weighted by molar-refractivity contribution is 0.249. The summed E-state index contributed by atoms with van der Waals surface area (Å²) in [5.74, 6) is 0.0458. The molecule has 1 aromatic heterocycles. The van der Waals surface area contributed by atoms with Crippen LogP contribution >= 0.6 is 0 Å². The van der Waals surface area contributed by atoms with Crippen molar-refractivity contribution < 1.29 is 22.9 Å². The molecule has 27 heavy (non-hydrogen) atoms. The van der Waals surface area contributed by atoms with Crippen LogP contribution in [0.1, 0.15) is 12.5 Å². The number of hydrogen-bond donors (Lipinski definition) is 0. The van der Waals surface area contributed by atoms with E-state index in [-0.39, 0.29) is 23.1 Å². The molecule has 0 saturated carbocycles. The number of aromatic nitrogens is 2. The zero-order valence-corrected chi connectivity index (χ0v) is 16.2. The molecular weight excluding hydrogens is 375 g/mol. The third kappa shape index (κ3) is 3.32. The average molecular weight is 394 g/mol. The van der Waals surface area contributed by atoms with Crippen LogP contribution in [0.2, 0.25) is 0 Å². The second-order valence-electron chi connectivity index (χ2n) is 5.73. The maximum absolute atomic E-state index is 14.9. The first-order valence-corrected chi connectivity index (χ1v) is 9.66. The zero-order chi connectivity index (χ0) is 19.7. The summed E-state index contributed by atoms with van der Waals surface area (Å²) >= 11 is 0. The Bertz CT molecular complexity index is 924. The fourth-order valence-corrected chi connectivity index (χ4v) is 3.25. The number of rotatable bonds is 5. The van der Waals surface area contributed by atoms with Gasteiger partial charge in [0.1, 0.15) is 11.6 Å². The van der Waals surface area contributed by atoms with Gasteiger partial charge in [0.05, 0.1) is 37.3 Å². The molecule has 3 rings (SSSR count). The Balaban J connectivity index is 2.12. The quantitative estimate of drug-likeness (QED) is 0.724. The van der Waals surface area contributed by atoms with Crippen molar-refractivity contribution in [1.82, 2.24) is 9.97 Å². The van der Waals surface area contributed by atoms with Crippen LogP contribution in [0.3, 0.4) is 0 Å². The minimum Gasteiger partial charge on any atom is -0.497 e. The molecule has 0 bridgehead atoms. The summed E-state index contributed by atoms with van der Waals surface area (Å²) in [5, 5.41) is 0.141. The van der Waals surface area contributed by atoms with Crippen molar-refractivity contribution in [3.63, 3.8) is 0 Å². The zero-order valence-electron chi connectivity index (χ0n) is 15.4. The van der Waals surface area contributed by atoms with Gasteiger partial charge >= 0.3 is 6.03 Å². The number of fused-ring (bicyclic) bond motifs is 1. The van der Waals surface area contributed by atoms with Crippen molar-refractivity contribution in [2.45, 2.75) is 18.6 Å². The highest BCUT2D eigenvalue weighted by Crippen LogP contribution is 2.37. The topological polar surface area (TPSA) is 84.9 Å². The van der Waals surface area contributed by atoms with Gasteiger partial charge in [-0.05, 0) is 6.92 Å². The minimum absolute atomic E-state index is 0.0287. The summed E-state index contributed by atoms with van der Waals surface area (Å²) in [7, 11) is 1.41. The van der Waals surface area contributed by atoms with Gasteiger partial charge in [0.25, 0.3) is 0 Å². The van der Waals surface area contributed by atoms with E-state index in [0.29, 0.717) is 23.7 Å². The van der Waals surface area contributed by atoms with E-state index >= 15 is 0 Å². The van der Waals surface area contributed by atoms with Gasteiger partial charge < -0.3 is 9.47 Å². The van der Waals surface area contributed by atoms with Crippen molar-refractivity contribution in [2.75, 3.05) is 36.8 Å². The Labute approximate surface area is 158 Å². The van der Waals surface area contributed by atoms with Crippen LogP contribution in [0, 0.1) is 5.82 Å². The predicted octanol–water partition coefficient (Wildman–Crippen LogP) is 2.34. The van der Waals surface area contributed by atoms with Gasteiger partial charge in [0.15, 0.2) is 11.6 Å². The van der Waals surface area contributed by atoms with Crippen LogP contribution in [0.5, 0.6) is 11.5 Å². The Morgan fingerprint density at radius 3 is 2.63 bits per heavy atom. The normalized spacial score (nSPS) is 14.8. The number of methoxy groups -OCH3 is 2. The number of carbonyl (C=O) groups is 1. The molecule has 0 aliphatic carbocycles. The highest BCUT2D eigenvalue weighted by molar-refractivity contribution is 7.84. The first-order valence-electron chi connectivity index (χ1n) is 8.11. The molecule has 1 aromatic carbocycles. The maximum atomic E-state index is 14.9. The largest absolute Gasteiger partial charge is 0.497 e. The van der Waals surface area contributed by atoms with Crippen LogP contribution < -0.4 is 19.3 Å². The van der Waals surface area contributed by atoms with Crippen LogP contribution in [-0.2, 0) is 17.3 Å². The van der Waals surface area contributed by atoms with Gasteiger partial charge in [-0.1, -0.05) is 0 Å². The maximum Gasteiger partial charge on any atom is 0.330 e. The molecule has 2 amide bonds. The number of amides is 2. The molecule has 1 aliphatic rings. The molecule has 1 atom stereocenters. The molecule has 144 valence electrons. The fourth-order valence-electron chi connectivity index (χ4n) is 2.83. The number of anilines is 2. The van der Waals surface area contributed by atoms with Gasteiger partial charge in [-0.3, -0.25) is 14.0 Å². The van der Waals surface area contributed by atoms with E-state index < -0.39 is 22.6 Å². The fraction of sp³-hybridized carbons (Fsp3) is 0.353. The summed E-state index contributed by atoms with van der Waals surface area (Å²) < 4.78 is 36.8. The number of hydrogen-bond acceptors (Lipinski definition) is 6. The van der Waals surface area contributed by atoms with E-state index in [1.807, 2.05) is 0 Å². The molecule has 1 unspecified atom stereocenters. The molecule has 0 saturated heterocycles. The molecular formula is C17H19FN4O4S. The lowest BCUT2D eigenvalue weighted by Crippen LogP contribution is -2.48. The Kier molecular flexibility index (Phi) is 5.26. The molecule has 8 nitrogen and oxygen atoms in total. The van der Waals surface area contributed by atoms with Gasteiger partial charge in [0, 0.05) is 36.7 Å². The van der Waals surface area contributed by atoms with Crippen LogP contribution in [0.15, 0.2) is 23.5 Å². The summed E-state index contributed by atoms with van der Waals surface area (Å²) in [6.07, 6.45) is 2.98. The number of benzene rings is 1. The summed E-state index contributed by atoms with van der Waals surface area (Å²) in [4.78, 5) is 24.0. The second-order valence-corrected chi connectivity index (χ2v) is 7.00. The Morgan fingerprint density at radius 1 is 1.30 bits per heavy atom. The van der Waals surface area contributed by atoms with E-state index in [1.165, 1.54) is 48.6 Å². The van der Waals surface area contributed by atoms with Crippen LogP contribution in [-0.4, -0.2) is 47.2 Å². The standard InChI is InChI=1S/C17H19FN4O4S/c1-5-21-15-10(8-19-16(20-15)27(4)24)9-22(17(21)23)12-6-11(25-2)7-13(26-3)14(12)18/h6-8H,5,9H2,1-4H3. The van der Waals surface area contributed by atoms with E-state index in [0.717, 1.165) is 0 Å². The highest BCUT2D eigenvalue weighted by Gasteiger charge is 2.34. The van der Waals surface area contributed by atoms with E-state index in [9.17, 15) is 13.4 Å². The van der Waals surface area contributed by atoms with E-state index in [4.69, 9.17) is 9.47 Å². The second kappa shape index (κ2) is 7.47. The molecule has 10 heteroatoms. The number of nitrogens with zero attached hydrogens (tertiary/aromatic N) is 4. The molecule has 0 fully saturated rings. The van der Waals surface area contributed by atoms with Crippen molar-refractivity contribution in [1.29, 1.82) is 0 Å². The lowest BCUT2D eigenvalue weighted by atomic mass is 10.1. The van der Waals surface area contributed by atoms with Crippen molar-refractivity contribution in [2.24, 2.45) is 0 Å². The lowest BCUT2D eigenvalue weighted by Gasteiger charge is -2.35. The van der Waals surface area contributed by atoms with E-state index in [2.05, 4.69) is 9.97 Å². The number of ether oxygens (including phenoxy) is 2.